The fraction of sp³-hybridized carbons (Fsp3) is 0.625. The van der Waals surface area contributed by atoms with E-state index in [2.05, 4.69) is 11.8 Å². The number of piperazine rings is 1. The first-order valence-electron chi connectivity index (χ1n) is 11.6. The predicted octanol–water partition coefficient (Wildman–Crippen LogP) is 1.75. The lowest BCUT2D eigenvalue weighted by atomic mass is 9.93. The van der Waals surface area contributed by atoms with Crippen molar-refractivity contribution in [3.8, 4) is 0 Å². The molecule has 3 amide bonds. The number of amides is 3. The van der Waals surface area contributed by atoms with E-state index in [0.717, 1.165) is 56.8 Å². The summed E-state index contributed by atoms with van der Waals surface area (Å²) in [5.41, 5.74) is 2.01. The van der Waals surface area contributed by atoms with Gasteiger partial charge < -0.3 is 19.6 Å². The maximum atomic E-state index is 13.1. The quantitative estimate of drug-likeness (QED) is 0.736. The van der Waals surface area contributed by atoms with Crippen molar-refractivity contribution in [3.05, 3.63) is 29.8 Å². The molecule has 0 aromatic heterocycles. The van der Waals surface area contributed by atoms with Crippen LogP contribution in [0.25, 0.3) is 0 Å². The van der Waals surface area contributed by atoms with Gasteiger partial charge in [0.05, 0.1) is 5.92 Å². The zero-order chi connectivity index (χ0) is 22.0. The SMILES string of the molecule is CCN1CCN(C(=O)C2CCN(C(=O)C3CC(=O)N(c4ccc(C)cc4)C3)CC2)CC1. The third-order valence-electron chi connectivity index (χ3n) is 7.11. The van der Waals surface area contributed by atoms with Gasteiger partial charge in [-0.25, -0.2) is 0 Å². The number of hydrogen-bond donors (Lipinski definition) is 0. The molecule has 0 spiro atoms. The van der Waals surface area contributed by atoms with E-state index >= 15 is 0 Å². The van der Waals surface area contributed by atoms with Crippen LogP contribution in [-0.4, -0.2) is 84.8 Å². The standard InChI is InChI=1S/C24H34N4O3/c1-3-25-12-14-27(15-13-25)23(30)19-8-10-26(11-9-19)24(31)20-16-22(29)28(17-20)21-6-4-18(2)5-7-21/h4-7,19-20H,3,8-17H2,1-2H3. The van der Waals surface area contributed by atoms with Crippen molar-refractivity contribution in [1.29, 1.82) is 0 Å². The molecule has 0 saturated carbocycles. The van der Waals surface area contributed by atoms with E-state index in [-0.39, 0.29) is 36.0 Å². The highest BCUT2D eigenvalue weighted by molar-refractivity contribution is 6.00. The third-order valence-corrected chi connectivity index (χ3v) is 7.11. The number of aryl methyl sites for hydroxylation is 1. The highest BCUT2D eigenvalue weighted by atomic mass is 16.2. The van der Waals surface area contributed by atoms with Crippen molar-refractivity contribution in [2.75, 3.05) is 57.3 Å². The van der Waals surface area contributed by atoms with Crippen LogP contribution in [0.4, 0.5) is 5.69 Å². The first-order valence-corrected chi connectivity index (χ1v) is 11.6. The minimum absolute atomic E-state index is 0.0125. The molecule has 3 aliphatic heterocycles. The molecule has 0 aliphatic carbocycles. The fourth-order valence-electron chi connectivity index (χ4n) is 4.99. The highest BCUT2D eigenvalue weighted by Crippen LogP contribution is 2.28. The number of nitrogens with zero attached hydrogens (tertiary/aromatic N) is 4. The van der Waals surface area contributed by atoms with E-state index < -0.39 is 0 Å². The average molecular weight is 427 g/mol. The minimum atomic E-state index is -0.289. The molecule has 7 heteroatoms. The van der Waals surface area contributed by atoms with Gasteiger partial charge in [-0.3, -0.25) is 14.4 Å². The zero-order valence-corrected chi connectivity index (χ0v) is 18.8. The smallest absolute Gasteiger partial charge is 0.228 e. The highest BCUT2D eigenvalue weighted by Gasteiger charge is 2.39. The second-order valence-corrected chi connectivity index (χ2v) is 9.10. The number of piperidine rings is 1. The largest absolute Gasteiger partial charge is 0.342 e. The Balaban J connectivity index is 1.28. The number of benzene rings is 1. The third kappa shape index (κ3) is 4.76. The molecule has 0 radical (unpaired) electrons. The molecule has 3 saturated heterocycles. The second kappa shape index (κ2) is 9.39. The molecule has 31 heavy (non-hydrogen) atoms. The molecule has 0 bridgehead atoms. The fourth-order valence-corrected chi connectivity index (χ4v) is 4.99. The topological polar surface area (TPSA) is 64.2 Å². The Labute approximate surface area is 185 Å². The number of likely N-dealkylation sites (N-methyl/N-ethyl adjacent to an activating group) is 1. The molecule has 7 nitrogen and oxygen atoms in total. The van der Waals surface area contributed by atoms with Crippen molar-refractivity contribution in [3.63, 3.8) is 0 Å². The Morgan fingerprint density at radius 3 is 2.06 bits per heavy atom. The Bertz CT molecular complexity index is 809. The van der Waals surface area contributed by atoms with Gasteiger partial charge in [0.25, 0.3) is 0 Å². The van der Waals surface area contributed by atoms with Crippen LogP contribution >= 0.6 is 0 Å². The number of rotatable bonds is 4. The maximum absolute atomic E-state index is 13.1. The molecule has 3 heterocycles. The summed E-state index contributed by atoms with van der Waals surface area (Å²) in [6, 6.07) is 7.86. The Morgan fingerprint density at radius 2 is 1.45 bits per heavy atom. The van der Waals surface area contributed by atoms with Crippen LogP contribution < -0.4 is 4.90 Å². The molecule has 1 aromatic rings. The molecule has 1 aromatic carbocycles. The molecule has 1 atom stereocenters. The molecule has 168 valence electrons. The monoisotopic (exact) mass is 426 g/mol. The van der Waals surface area contributed by atoms with Crippen LogP contribution in [0.15, 0.2) is 24.3 Å². The van der Waals surface area contributed by atoms with Gasteiger partial charge in [-0.05, 0) is 38.4 Å². The van der Waals surface area contributed by atoms with Crippen LogP contribution in [-0.2, 0) is 14.4 Å². The summed E-state index contributed by atoms with van der Waals surface area (Å²) in [6.45, 7) is 10.4. The van der Waals surface area contributed by atoms with Crippen LogP contribution in [0.1, 0.15) is 31.7 Å². The van der Waals surface area contributed by atoms with Crippen LogP contribution in [0.5, 0.6) is 0 Å². The van der Waals surface area contributed by atoms with Gasteiger partial charge in [0, 0.05) is 63.8 Å². The first kappa shape index (κ1) is 21.8. The van der Waals surface area contributed by atoms with Gasteiger partial charge in [-0.1, -0.05) is 24.6 Å². The molecule has 4 rings (SSSR count). The summed E-state index contributed by atoms with van der Waals surface area (Å²) < 4.78 is 0. The Hall–Kier alpha value is -2.41. The van der Waals surface area contributed by atoms with Crippen molar-refractivity contribution in [2.45, 2.75) is 33.1 Å². The van der Waals surface area contributed by atoms with Crippen molar-refractivity contribution < 1.29 is 14.4 Å². The van der Waals surface area contributed by atoms with E-state index in [0.29, 0.717) is 19.6 Å². The van der Waals surface area contributed by atoms with Crippen molar-refractivity contribution in [1.82, 2.24) is 14.7 Å². The van der Waals surface area contributed by atoms with Crippen molar-refractivity contribution in [2.24, 2.45) is 11.8 Å². The molecule has 3 aliphatic rings. The van der Waals surface area contributed by atoms with E-state index in [9.17, 15) is 14.4 Å². The molecular formula is C24H34N4O3. The van der Waals surface area contributed by atoms with E-state index in [1.54, 1.807) is 4.90 Å². The van der Waals surface area contributed by atoms with Crippen molar-refractivity contribution >= 4 is 23.4 Å². The van der Waals surface area contributed by atoms with Crippen LogP contribution in [0.2, 0.25) is 0 Å². The van der Waals surface area contributed by atoms with E-state index in [1.807, 2.05) is 41.0 Å². The molecular weight excluding hydrogens is 392 g/mol. The first-order chi connectivity index (χ1) is 15.0. The summed E-state index contributed by atoms with van der Waals surface area (Å²) in [4.78, 5) is 46.5. The lowest BCUT2D eigenvalue weighted by Crippen LogP contribution is -2.52. The van der Waals surface area contributed by atoms with Gasteiger partial charge >= 0.3 is 0 Å². The number of hydrogen-bond acceptors (Lipinski definition) is 4. The van der Waals surface area contributed by atoms with Gasteiger partial charge in [0.15, 0.2) is 0 Å². The lowest BCUT2D eigenvalue weighted by molar-refractivity contribution is -0.143. The second-order valence-electron chi connectivity index (χ2n) is 9.10. The summed E-state index contributed by atoms with van der Waals surface area (Å²) in [5.74, 6) is 0.0584. The van der Waals surface area contributed by atoms with E-state index in [4.69, 9.17) is 0 Å². The lowest BCUT2D eigenvalue weighted by Gasteiger charge is -2.38. The zero-order valence-electron chi connectivity index (χ0n) is 18.8. The number of carbonyl (C=O) groups is 3. The summed E-state index contributed by atoms with van der Waals surface area (Å²) in [7, 11) is 0. The van der Waals surface area contributed by atoms with Gasteiger partial charge in [-0.15, -0.1) is 0 Å². The summed E-state index contributed by atoms with van der Waals surface area (Å²) in [6.07, 6.45) is 1.72. The number of carbonyl (C=O) groups excluding carboxylic acids is 3. The average Bonchev–Trinajstić information content (AvgIpc) is 3.20. The molecule has 0 N–H and O–H groups in total. The van der Waals surface area contributed by atoms with Gasteiger partial charge in [0.2, 0.25) is 17.7 Å². The minimum Gasteiger partial charge on any atom is -0.342 e. The van der Waals surface area contributed by atoms with Gasteiger partial charge in [-0.2, -0.15) is 0 Å². The summed E-state index contributed by atoms with van der Waals surface area (Å²) in [5, 5.41) is 0. The number of anilines is 1. The van der Waals surface area contributed by atoms with Crippen LogP contribution in [0, 0.1) is 18.8 Å². The van der Waals surface area contributed by atoms with E-state index in [1.165, 1.54) is 0 Å². The van der Waals surface area contributed by atoms with Gasteiger partial charge in [0.1, 0.15) is 0 Å². The molecule has 1 unspecified atom stereocenters. The Morgan fingerprint density at radius 1 is 0.871 bits per heavy atom. The predicted molar refractivity (Wildman–Crippen MR) is 120 cm³/mol. The molecule has 3 fully saturated rings. The Kier molecular flexibility index (Phi) is 6.60. The summed E-state index contributed by atoms with van der Waals surface area (Å²) >= 11 is 0. The van der Waals surface area contributed by atoms with Crippen LogP contribution in [0.3, 0.4) is 0 Å². The normalized spacial score (nSPS) is 23.5. The number of likely N-dealkylation sites (tertiary alicyclic amines) is 1. The maximum Gasteiger partial charge on any atom is 0.228 e.